The third-order valence-corrected chi connectivity index (χ3v) is 8.99. The predicted molar refractivity (Wildman–Crippen MR) is 99.5 cm³/mol. The number of nitrogens with one attached hydrogen (secondary N) is 1. The molecule has 0 radical (unpaired) electrons. The van der Waals surface area contributed by atoms with E-state index in [9.17, 15) is 12.8 Å². The molecule has 0 aromatic heterocycles. The van der Waals surface area contributed by atoms with Gasteiger partial charge in [-0.3, -0.25) is 0 Å². The van der Waals surface area contributed by atoms with Gasteiger partial charge in [-0.1, -0.05) is 22.5 Å². The van der Waals surface area contributed by atoms with Gasteiger partial charge in [0, 0.05) is 15.7 Å². The summed E-state index contributed by atoms with van der Waals surface area (Å²) >= 11 is 3.36. The molecule has 0 aliphatic carbocycles. The largest absolute Gasteiger partial charge is 0.375 e. The molecular weight excluding hydrogens is 409 g/mol. The highest BCUT2D eigenvalue weighted by Crippen LogP contribution is 2.50. The Morgan fingerprint density at radius 3 is 2.60 bits per heavy atom. The van der Waals surface area contributed by atoms with Crippen molar-refractivity contribution in [1.29, 1.82) is 0 Å². The standard InChI is InChI=1S/C18H23BrFNO3S/c1-11-17(4,5)25(22,23)15-9-16(2,3)24-10-18(15,21-11)13-8-12(19)6-7-14(13)20/h6-8,15,21H,1,9-10H2,2-5H3/t15-,18-/m1/s1. The fourth-order valence-corrected chi connectivity index (χ4v) is 6.55. The Labute approximate surface area is 156 Å². The normalized spacial score (nSPS) is 32.6. The van der Waals surface area contributed by atoms with Gasteiger partial charge in [0.25, 0.3) is 0 Å². The molecule has 4 nitrogen and oxygen atoms in total. The van der Waals surface area contributed by atoms with Gasteiger partial charge in [-0.15, -0.1) is 0 Å². The van der Waals surface area contributed by atoms with Crippen LogP contribution in [0.25, 0.3) is 0 Å². The first-order valence-corrected chi connectivity index (χ1v) is 10.5. The number of sulfone groups is 1. The van der Waals surface area contributed by atoms with Crippen molar-refractivity contribution < 1.29 is 17.5 Å². The van der Waals surface area contributed by atoms with Crippen molar-refractivity contribution in [2.75, 3.05) is 6.61 Å². The zero-order chi connectivity index (χ0) is 18.8. The highest BCUT2D eigenvalue weighted by Gasteiger charge is 2.62. The van der Waals surface area contributed by atoms with Crippen LogP contribution in [-0.2, 0) is 20.1 Å². The number of benzene rings is 1. The van der Waals surface area contributed by atoms with Crippen molar-refractivity contribution in [2.24, 2.45) is 0 Å². The van der Waals surface area contributed by atoms with Crippen LogP contribution in [0.5, 0.6) is 0 Å². The summed E-state index contributed by atoms with van der Waals surface area (Å²) in [4.78, 5) is 0. The van der Waals surface area contributed by atoms with Gasteiger partial charge in [0.2, 0.25) is 0 Å². The number of hydrogen-bond donors (Lipinski definition) is 1. The van der Waals surface area contributed by atoms with Gasteiger partial charge in [-0.2, -0.15) is 0 Å². The highest BCUT2D eigenvalue weighted by atomic mass is 79.9. The summed E-state index contributed by atoms with van der Waals surface area (Å²) in [5.74, 6) is -0.466. The van der Waals surface area contributed by atoms with Gasteiger partial charge in [0.05, 0.1) is 17.5 Å². The number of fused-ring (bicyclic) bond motifs is 1. The predicted octanol–water partition coefficient (Wildman–Crippen LogP) is 3.66. The topological polar surface area (TPSA) is 55.4 Å². The molecule has 1 aromatic rings. The van der Waals surface area contributed by atoms with Crippen LogP contribution < -0.4 is 5.32 Å². The Morgan fingerprint density at radius 2 is 1.96 bits per heavy atom. The molecule has 25 heavy (non-hydrogen) atoms. The lowest BCUT2D eigenvalue weighted by atomic mass is 9.78. The first-order valence-electron chi connectivity index (χ1n) is 8.14. The lowest BCUT2D eigenvalue weighted by molar-refractivity contribution is -0.0949. The summed E-state index contributed by atoms with van der Waals surface area (Å²) in [6, 6.07) is 4.55. The van der Waals surface area contributed by atoms with E-state index < -0.39 is 36.8 Å². The van der Waals surface area contributed by atoms with E-state index in [4.69, 9.17) is 4.74 Å². The van der Waals surface area contributed by atoms with Crippen LogP contribution in [0.3, 0.4) is 0 Å². The quantitative estimate of drug-likeness (QED) is 0.736. The molecule has 0 spiro atoms. The van der Waals surface area contributed by atoms with Gasteiger partial charge >= 0.3 is 0 Å². The zero-order valence-corrected chi connectivity index (χ0v) is 17.2. The second-order valence-corrected chi connectivity index (χ2v) is 11.6. The van der Waals surface area contributed by atoms with E-state index in [-0.39, 0.29) is 18.6 Å². The summed E-state index contributed by atoms with van der Waals surface area (Å²) in [5, 5.41) is 2.41. The zero-order valence-electron chi connectivity index (χ0n) is 14.8. The molecule has 0 bridgehead atoms. The van der Waals surface area contributed by atoms with Crippen LogP contribution in [0.15, 0.2) is 34.9 Å². The van der Waals surface area contributed by atoms with Crippen molar-refractivity contribution in [3.8, 4) is 0 Å². The van der Waals surface area contributed by atoms with E-state index in [1.165, 1.54) is 6.07 Å². The first-order chi connectivity index (χ1) is 11.3. The molecule has 0 saturated carbocycles. The monoisotopic (exact) mass is 431 g/mol. The van der Waals surface area contributed by atoms with Gasteiger partial charge in [0.15, 0.2) is 9.84 Å². The summed E-state index contributed by atoms with van der Waals surface area (Å²) in [5.41, 5.74) is -1.18. The first kappa shape index (κ1) is 18.9. The van der Waals surface area contributed by atoms with Crippen LogP contribution in [0, 0.1) is 5.82 Å². The van der Waals surface area contributed by atoms with Crippen molar-refractivity contribution in [2.45, 2.75) is 55.3 Å². The van der Waals surface area contributed by atoms with E-state index in [1.54, 1.807) is 26.0 Å². The second kappa shape index (κ2) is 5.54. The molecule has 2 aliphatic heterocycles. The van der Waals surface area contributed by atoms with Crippen LogP contribution in [0.4, 0.5) is 4.39 Å². The maximum atomic E-state index is 14.7. The van der Waals surface area contributed by atoms with E-state index >= 15 is 0 Å². The van der Waals surface area contributed by atoms with Gasteiger partial charge < -0.3 is 10.1 Å². The molecular formula is C18H23BrFNO3S. The molecule has 138 valence electrons. The van der Waals surface area contributed by atoms with Crippen molar-refractivity contribution in [1.82, 2.24) is 5.32 Å². The van der Waals surface area contributed by atoms with Crippen LogP contribution in [0.2, 0.25) is 0 Å². The van der Waals surface area contributed by atoms with Crippen molar-refractivity contribution in [3.63, 3.8) is 0 Å². The Morgan fingerprint density at radius 1 is 1.32 bits per heavy atom. The molecule has 7 heteroatoms. The van der Waals surface area contributed by atoms with E-state index in [1.807, 2.05) is 13.8 Å². The van der Waals surface area contributed by atoms with Gasteiger partial charge in [-0.05, 0) is 52.3 Å². The van der Waals surface area contributed by atoms with Crippen LogP contribution in [0.1, 0.15) is 39.7 Å². The maximum absolute atomic E-state index is 14.7. The molecule has 0 unspecified atom stereocenters. The third kappa shape index (κ3) is 2.66. The Kier molecular flexibility index (Phi) is 4.18. The van der Waals surface area contributed by atoms with Crippen LogP contribution in [-0.4, -0.2) is 30.6 Å². The molecule has 2 saturated heterocycles. The summed E-state index contributed by atoms with van der Waals surface area (Å²) in [6.07, 6.45) is 0.269. The smallest absolute Gasteiger partial charge is 0.166 e. The molecule has 2 fully saturated rings. The average Bonchev–Trinajstić information content (AvgIpc) is 2.50. The molecule has 3 rings (SSSR count). The number of ether oxygens (including phenoxy) is 1. The van der Waals surface area contributed by atoms with Crippen LogP contribution >= 0.6 is 15.9 Å². The van der Waals surface area contributed by atoms with Crippen molar-refractivity contribution in [3.05, 3.63) is 46.3 Å². The summed E-state index contributed by atoms with van der Waals surface area (Å²) in [7, 11) is -3.64. The number of hydrogen-bond acceptors (Lipinski definition) is 4. The average molecular weight is 432 g/mol. The maximum Gasteiger partial charge on any atom is 0.166 e. The SMILES string of the molecule is C=C1N[C@@]2(c3cc(Br)ccc3F)COC(C)(C)C[C@H]2S(=O)(=O)C1(C)C. The molecule has 1 aromatic carbocycles. The lowest BCUT2D eigenvalue weighted by Crippen LogP contribution is -2.71. The molecule has 0 amide bonds. The fourth-order valence-electron chi connectivity index (χ4n) is 3.68. The fraction of sp³-hybridized carbons (Fsp3) is 0.556. The lowest BCUT2D eigenvalue weighted by Gasteiger charge is -2.56. The minimum atomic E-state index is -3.64. The molecule has 2 atom stereocenters. The number of rotatable bonds is 1. The third-order valence-electron chi connectivity index (χ3n) is 5.51. The molecule has 2 heterocycles. The molecule has 1 N–H and O–H groups in total. The van der Waals surface area contributed by atoms with E-state index in [0.717, 1.165) is 0 Å². The minimum absolute atomic E-state index is 0.0480. The van der Waals surface area contributed by atoms with E-state index in [0.29, 0.717) is 10.2 Å². The summed E-state index contributed by atoms with van der Waals surface area (Å²) < 4.78 is 47.1. The van der Waals surface area contributed by atoms with Gasteiger partial charge in [0.1, 0.15) is 16.1 Å². The van der Waals surface area contributed by atoms with Crippen molar-refractivity contribution >= 4 is 25.8 Å². The number of halogens is 2. The van der Waals surface area contributed by atoms with Gasteiger partial charge in [-0.25, -0.2) is 12.8 Å². The van der Waals surface area contributed by atoms with E-state index in [2.05, 4.69) is 27.8 Å². The second-order valence-electron chi connectivity index (χ2n) is 8.00. The summed E-state index contributed by atoms with van der Waals surface area (Å²) in [6.45, 7) is 11.0. The molecule has 2 aliphatic rings. The Hall–Kier alpha value is -0.920. The Balaban J connectivity index is 2.29. The minimum Gasteiger partial charge on any atom is -0.375 e. The Bertz CT molecular complexity index is 850. The highest BCUT2D eigenvalue weighted by molar-refractivity contribution is 9.10.